The number of imidazole rings is 1. The maximum absolute atomic E-state index is 5.49. The van der Waals surface area contributed by atoms with Crippen LogP contribution in [0.3, 0.4) is 0 Å². The van der Waals surface area contributed by atoms with Gasteiger partial charge in [-0.1, -0.05) is 24.3 Å². The Kier molecular flexibility index (Phi) is 3.82. The van der Waals surface area contributed by atoms with Crippen molar-refractivity contribution in [2.75, 3.05) is 5.32 Å². The molecule has 0 aliphatic rings. The van der Waals surface area contributed by atoms with Gasteiger partial charge in [-0.3, -0.25) is 4.57 Å². The third-order valence-corrected chi connectivity index (χ3v) is 4.24. The van der Waals surface area contributed by atoms with Crippen LogP contribution < -0.4 is 5.32 Å². The van der Waals surface area contributed by atoms with E-state index in [0.29, 0.717) is 10.7 Å². The summed E-state index contributed by atoms with van der Waals surface area (Å²) in [4.78, 5) is 12.2. The molecule has 0 saturated carbocycles. The molecule has 124 valence electrons. The standard InChI is InChI=1S/C19H17N5S/c1-12-5-3-7-14(9-12)21-18-20-11-16-17(23-18)24(19(25)22-16)15-8-4-6-13(2)10-15/h3-11H,1-2H3,(H,22,25)(H,20,21,23). The summed E-state index contributed by atoms with van der Waals surface area (Å²) in [6.45, 7) is 4.11. The zero-order valence-electron chi connectivity index (χ0n) is 13.9. The van der Waals surface area contributed by atoms with Crippen molar-refractivity contribution in [3.05, 3.63) is 70.6 Å². The summed E-state index contributed by atoms with van der Waals surface area (Å²) in [7, 11) is 0. The third kappa shape index (κ3) is 3.04. The molecule has 25 heavy (non-hydrogen) atoms. The number of benzene rings is 2. The van der Waals surface area contributed by atoms with Crippen molar-refractivity contribution in [2.24, 2.45) is 0 Å². The molecule has 4 rings (SSSR count). The van der Waals surface area contributed by atoms with Crippen LogP contribution in [0.1, 0.15) is 11.1 Å². The fourth-order valence-corrected chi connectivity index (χ4v) is 3.12. The molecule has 6 heteroatoms. The van der Waals surface area contributed by atoms with Crippen LogP contribution >= 0.6 is 12.2 Å². The monoisotopic (exact) mass is 347 g/mol. The average molecular weight is 347 g/mol. The molecule has 0 spiro atoms. The molecule has 0 bridgehead atoms. The molecule has 4 aromatic rings. The van der Waals surface area contributed by atoms with Gasteiger partial charge in [0.15, 0.2) is 10.4 Å². The Labute approximate surface area is 150 Å². The number of nitrogens with one attached hydrogen (secondary N) is 2. The van der Waals surface area contributed by atoms with Gasteiger partial charge in [0.2, 0.25) is 5.95 Å². The van der Waals surface area contributed by atoms with E-state index in [2.05, 4.69) is 58.4 Å². The first-order chi connectivity index (χ1) is 12.1. The van der Waals surface area contributed by atoms with E-state index < -0.39 is 0 Å². The van der Waals surface area contributed by atoms with Gasteiger partial charge in [0.25, 0.3) is 0 Å². The third-order valence-electron chi connectivity index (χ3n) is 3.96. The lowest BCUT2D eigenvalue weighted by Crippen LogP contribution is -2.00. The van der Waals surface area contributed by atoms with E-state index in [1.54, 1.807) is 6.20 Å². The largest absolute Gasteiger partial charge is 0.328 e. The number of rotatable bonds is 3. The molecule has 0 fully saturated rings. The second-order valence-electron chi connectivity index (χ2n) is 6.03. The van der Waals surface area contributed by atoms with Crippen molar-refractivity contribution in [3.8, 4) is 5.69 Å². The highest BCUT2D eigenvalue weighted by molar-refractivity contribution is 7.71. The second-order valence-corrected chi connectivity index (χ2v) is 6.42. The molecular weight excluding hydrogens is 330 g/mol. The van der Waals surface area contributed by atoms with E-state index in [4.69, 9.17) is 12.2 Å². The topological polar surface area (TPSA) is 58.5 Å². The summed E-state index contributed by atoms with van der Waals surface area (Å²) in [5.74, 6) is 0.536. The normalized spacial score (nSPS) is 11.0. The van der Waals surface area contributed by atoms with E-state index in [1.165, 1.54) is 11.1 Å². The first-order valence-electron chi connectivity index (χ1n) is 7.99. The number of anilines is 2. The lowest BCUT2D eigenvalue weighted by Gasteiger charge is -2.07. The van der Waals surface area contributed by atoms with Crippen LogP contribution in [0.4, 0.5) is 11.6 Å². The Bertz CT molecular complexity index is 1130. The van der Waals surface area contributed by atoms with Crippen LogP contribution in [0.2, 0.25) is 0 Å². The highest BCUT2D eigenvalue weighted by Gasteiger charge is 2.10. The van der Waals surface area contributed by atoms with E-state index in [-0.39, 0.29) is 0 Å². The molecule has 2 heterocycles. The first kappa shape index (κ1) is 15.5. The molecule has 0 amide bonds. The lowest BCUT2D eigenvalue weighted by molar-refractivity contribution is 1.04. The molecule has 0 unspecified atom stereocenters. The Balaban J connectivity index is 1.82. The second kappa shape index (κ2) is 6.14. The molecule has 0 aliphatic carbocycles. The van der Waals surface area contributed by atoms with Gasteiger partial charge in [-0.2, -0.15) is 4.98 Å². The van der Waals surface area contributed by atoms with Gasteiger partial charge in [0.1, 0.15) is 5.52 Å². The van der Waals surface area contributed by atoms with E-state index in [1.807, 2.05) is 28.8 Å². The highest BCUT2D eigenvalue weighted by atomic mass is 32.1. The molecule has 0 aliphatic heterocycles. The minimum atomic E-state index is 0.536. The summed E-state index contributed by atoms with van der Waals surface area (Å²) in [5.41, 5.74) is 5.84. The summed E-state index contributed by atoms with van der Waals surface area (Å²) in [6, 6.07) is 16.3. The van der Waals surface area contributed by atoms with Gasteiger partial charge < -0.3 is 10.3 Å². The van der Waals surface area contributed by atoms with Crippen molar-refractivity contribution in [2.45, 2.75) is 13.8 Å². The zero-order chi connectivity index (χ0) is 17.4. The van der Waals surface area contributed by atoms with Crippen LogP contribution in [0.15, 0.2) is 54.7 Å². The Morgan fingerprint density at radius 2 is 1.80 bits per heavy atom. The number of H-pyrrole nitrogens is 1. The molecule has 0 radical (unpaired) electrons. The first-order valence-corrected chi connectivity index (χ1v) is 8.39. The number of nitrogens with zero attached hydrogens (tertiary/aromatic N) is 3. The van der Waals surface area contributed by atoms with Crippen LogP contribution in [-0.4, -0.2) is 19.5 Å². The molecule has 0 saturated heterocycles. The number of hydrogen-bond acceptors (Lipinski definition) is 4. The maximum atomic E-state index is 5.49. The average Bonchev–Trinajstić information content (AvgIpc) is 2.90. The van der Waals surface area contributed by atoms with Crippen LogP contribution in [-0.2, 0) is 0 Å². The van der Waals surface area contributed by atoms with E-state index in [0.717, 1.165) is 22.5 Å². The molecule has 2 aromatic heterocycles. The summed E-state index contributed by atoms with van der Waals surface area (Å²) in [6.07, 6.45) is 1.75. The van der Waals surface area contributed by atoms with Crippen molar-refractivity contribution in [1.29, 1.82) is 0 Å². The quantitative estimate of drug-likeness (QED) is 0.521. The number of hydrogen-bond donors (Lipinski definition) is 2. The zero-order valence-corrected chi connectivity index (χ0v) is 14.8. The predicted octanol–water partition coefficient (Wildman–Crippen LogP) is 4.84. The molecule has 0 atom stereocenters. The number of aromatic amines is 1. The summed E-state index contributed by atoms with van der Waals surface area (Å²) < 4.78 is 2.53. The van der Waals surface area contributed by atoms with Gasteiger partial charge in [-0.15, -0.1) is 0 Å². The minimum Gasteiger partial charge on any atom is -0.328 e. The summed E-state index contributed by atoms with van der Waals surface area (Å²) in [5, 5.41) is 3.25. The molecule has 2 N–H and O–H groups in total. The van der Waals surface area contributed by atoms with Crippen molar-refractivity contribution in [1.82, 2.24) is 19.5 Å². The molecule has 5 nitrogen and oxygen atoms in total. The van der Waals surface area contributed by atoms with Crippen LogP contribution in [0.25, 0.3) is 16.9 Å². The summed E-state index contributed by atoms with van der Waals surface area (Å²) >= 11 is 5.49. The van der Waals surface area contributed by atoms with Gasteiger partial charge in [-0.05, 0) is 61.5 Å². The van der Waals surface area contributed by atoms with Crippen molar-refractivity contribution >= 4 is 35.0 Å². The Hall–Kier alpha value is -2.99. The number of fused-ring (bicyclic) bond motifs is 1. The fourth-order valence-electron chi connectivity index (χ4n) is 2.82. The van der Waals surface area contributed by atoms with E-state index >= 15 is 0 Å². The van der Waals surface area contributed by atoms with Gasteiger partial charge in [-0.25, -0.2) is 4.98 Å². The SMILES string of the molecule is Cc1cccc(Nc2ncc3[nH]c(=S)n(-c4cccc(C)c4)c3n2)c1. The fraction of sp³-hybridized carbons (Fsp3) is 0.105. The lowest BCUT2D eigenvalue weighted by atomic mass is 10.2. The molecule has 2 aromatic carbocycles. The van der Waals surface area contributed by atoms with Gasteiger partial charge in [0, 0.05) is 5.69 Å². The maximum Gasteiger partial charge on any atom is 0.229 e. The van der Waals surface area contributed by atoms with Crippen LogP contribution in [0.5, 0.6) is 0 Å². The number of aromatic nitrogens is 4. The minimum absolute atomic E-state index is 0.536. The predicted molar refractivity (Wildman–Crippen MR) is 103 cm³/mol. The smallest absolute Gasteiger partial charge is 0.229 e. The molecular formula is C19H17N5S. The highest BCUT2D eigenvalue weighted by Crippen LogP contribution is 2.21. The number of aryl methyl sites for hydroxylation is 2. The van der Waals surface area contributed by atoms with Crippen molar-refractivity contribution in [3.63, 3.8) is 0 Å². The Morgan fingerprint density at radius 1 is 1.04 bits per heavy atom. The van der Waals surface area contributed by atoms with Crippen LogP contribution in [0, 0.1) is 18.6 Å². The van der Waals surface area contributed by atoms with Gasteiger partial charge in [0.05, 0.1) is 11.9 Å². The van der Waals surface area contributed by atoms with Crippen molar-refractivity contribution < 1.29 is 0 Å². The van der Waals surface area contributed by atoms with E-state index in [9.17, 15) is 0 Å². The van der Waals surface area contributed by atoms with Gasteiger partial charge >= 0.3 is 0 Å². The Morgan fingerprint density at radius 3 is 2.56 bits per heavy atom.